The van der Waals surface area contributed by atoms with Gasteiger partial charge in [-0.25, -0.2) is 0 Å². The van der Waals surface area contributed by atoms with E-state index in [9.17, 15) is 14.9 Å². The molecule has 2 aromatic rings. The molecule has 0 aliphatic carbocycles. The number of anilines is 1. The number of halogens is 2. The van der Waals surface area contributed by atoms with E-state index in [-0.39, 0.29) is 16.5 Å². The lowest BCUT2D eigenvalue weighted by Gasteiger charge is -2.18. The average Bonchev–Trinajstić information content (AvgIpc) is 2.94. The molecule has 0 saturated carbocycles. The van der Waals surface area contributed by atoms with Crippen LogP contribution in [-0.4, -0.2) is 17.1 Å². The molecule has 5 nitrogen and oxygen atoms in total. The molecular formula is C19H13Br2N3O2S. The molecule has 1 atom stereocenters. The first kappa shape index (κ1) is 19.7. The Hall–Kier alpha value is -2.08. The first-order chi connectivity index (χ1) is 12.9. The van der Waals surface area contributed by atoms with Crippen molar-refractivity contribution in [2.24, 2.45) is 5.73 Å². The van der Waals surface area contributed by atoms with Gasteiger partial charge in [0.05, 0.1) is 5.25 Å². The molecular weight excluding hydrogens is 494 g/mol. The molecule has 0 radical (unpaired) electrons. The van der Waals surface area contributed by atoms with E-state index in [4.69, 9.17) is 5.73 Å². The van der Waals surface area contributed by atoms with E-state index in [1.165, 1.54) is 16.7 Å². The van der Waals surface area contributed by atoms with Gasteiger partial charge in [0.25, 0.3) is 5.91 Å². The van der Waals surface area contributed by atoms with Crippen LogP contribution < -0.4 is 10.6 Å². The largest absolute Gasteiger partial charge is 0.365 e. The summed E-state index contributed by atoms with van der Waals surface area (Å²) >= 11 is 7.95. The number of carbonyl (C=O) groups excluding carboxylic acids is 2. The van der Waals surface area contributed by atoms with Gasteiger partial charge < -0.3 is 5.73 Å². The zero-order valence-electron chi connectivity index (χ0n) is 13.9. The van der Waals surface area contributed by atoms with Gasteiger partial charge in [0.15, 0.2) is 0 Å². The van der Waals surface area contributed by atoms with Crippen LogP contribution in [-0.2, 0) is 16.0 Å². The van der Waals surface area contributed by atoms with E-state index in [0.717, 1.165) is 14.5 Å². The second-order valence-electron chi connectivity index (χ2n) is 5.74. The smallest absolute Gasteiger partial charge is 0.262 e. The van der Waals surface area contributed by atoms with Gasteiger partial charge >= 0.3 is 0 Å². The van der Waals surface area contributed by atoms with Crippen LogP contribution in [0.1, 0.15) is 5.56 Å². The second-order valence-corrected chi connectivity index (χ2v) is 8.77. The highest BCUT2D eigenvalue weighted by molar-refractivity contribution is 9.10. The van der Waals surface area contributed by atoms with E-state index in [1.807, 2.05) is 30.3 Å². The number of rotatable bonds is 4. The van der Waals surface area contributed by atoms with Gasteiger partial charge in [0, 0.05) is 14.6 Å². The Bertz CT molecular complexity index is 966. The molecule has 1 saturated heterocycles. The lowest BCUT2D eigenvalue weighted by atomic mass is 10.1. The van der Waals surface area contributed by atoms with Gasteiger partial charge in [0.1, 0.15) is 16.7 Å². The average molecular weight is 507 g/mol. The Labute approximate surface area is 177 Å². The Morgan fingerprint density at radius 1 is 1.11 bits per heavy atom. The summed E-state index contributed by atoms with van der Waals surface area (Å²) in [6.07, 6.45) is 0.477. The highest BCUT2D eigenvalue weighted by Crippen LogP contribution is 2.42. The molecule has 27 heavy (non-hydrogen) atoms. The minimum absolute atomic E-state index is 0.186. The molecule has 2 N–H and O–H groups in total. The molecule has 1 aliphatic heterocycles. The Morgan fingerprint density at radius 3 is 2.19 bits per heavy atom. The Kier molecular flexibility index (Phi) is 6.05. The summed E-state index contributed by atoms with van der Waals surface area (Å²) in [5, 5.41) is 9.21. The monoisotopic (exact) mass is 505 g/mol. The summed E-state index contributed by atoms with van der Waals surface area (Å²) in [6, 6.07) is 16.6. The highest BCUT2D eigenvalue weighted by Gasteiger charge is 2.40. The van der Waals surface area contributed by atoms with Crippen molar-refractivity contribution in [3.05, 3.63) is 73.6 Å². The van der Waals surface area contributed by atoms with Gasteiger partial charge in [-0.2, -0.15) is 5.26 Å². The fourth-order valence-electron chi connectivity index (χ4n) is 2.66. The Balaban J connectivity index is 2.01. The number of hydrogen-bond acceptors (Lipinski definition) is 4. The second kappa shape index (κ2) is 8.30. The number of thioether (sulfide) groups is 1. The van der Waals surface area contributed by atoms with E-state index >= 15 is 0 Å². The topological polar surface area (TPSA) is 87.2 Å². The fraction of sp³-hybridized carbons (Fsp3) is 0.105. The molecule has 1 fully saturated rings. The lowest BCUT2D eigenvalue weighted by molar-refractivity contribution is -0.117. The third-order valence-corrected chi connectivity index (χ3v) is 6.26. The van der Waals surface area contributed by atoms with Crippen LogP contribution in [0.3, 0.4) is 0 Å². The predicted octanol–water partition coefficient (Wildman–Crippen LogP) is 4.12. The summed E-state index contributed by atoms with van der Waals surface area (Å²) in [5.41, 5.74) is 6.72. The molecule has 0 spiro atoms. The zero-order chi connectivity index (χ0) is 19.6. The number of benzene rings is 2. The van der Waals surface area contributed by atoms with Crippen molar-refractivity contribution >= 4 is 61.1 Å². The molecule has 1 heterocycles. The lowest BCUT2D eigenvalue weighted by Crippen LogP contribution is -2.31. The van der Waals surface area contributed by atoms with Crippen molar-refractivity contribution in [1.82, 2.24) is 0 Å². The minimum Gasteiger partial charge on any atom is -0.365 e. The number of nitrogens with two attached hydrogens (primary N) is 1. The fourth-order valence-corrected chi connectivity index (χ4v) is 4.50. The number of nitriles is 1. The van der Waals surface area contributed by atoms with Crippen LogP contribution in [0.2, 0.25) is 0 Å². The highest BCUT2D eigenvalue weighted by atomic mass is 79.9. The molecule has 0 unspecified atom stereocenters. The van der Waals surface area contributed by atoms with E-state index in [1.54, 1.807) is 24.3 Å². The van der Waals surface area contributed by atoms with Crippen LogP contribution in [0.25, 0.3) is 0 Å². The molecule has 8 heteroatoms. The zero-order valence-corrected chi connectivity index (χ0v) is 17.8. The summed E-state index contributed by atoms with van der Waals surface area (Å²) in [7, 11) is 0. The molecule has 136 valence electrons. The first-order valence-corrected chi connectivity index (χ1v) is 10.3. The van der Waals surface area contributed by atoms with Crippen molar-refractivity contribution in [3.8, 4) is 6.07 Å². The molecule has 2 aromatic carbocycles. The van der Waals surface area contributed by atoms with Gasteiger partial charge in [-0.05, 0) is 48.4 Å². The quantitative estimate of drug-likeness (QED) is 0.499. The number of hydrogen-bond donors (Lipinski definition) is 1. The third kappa shape index (κ3) is 4.26. The van der Waals surface area contributed by atoms with Crippen molar-refractivity contribution < 1.29 is 9.59 Å². The van der Waals surface area contributed by atoms with E-state index in [0.29, 0.717) is 12.1 Å². The van der Waals surface area contributed by atoms with Crippen LogP contribution >= 0.6 is 43.6 Å². The third-order valence-electron chi connectivity index (χ3n) is 3.94. The van der Waals surface area contributed by atoms with Crippen LogP contribution in [0.4, 0.5) is 5.69 Å². The normalized spacial score (nSPS) is 18.3. The van der Waals surface area contributed by atoms with E-state index in [2.05, 4.69) is 31.9 Å². The van der Waals surface area contributed by atoms with Crippen LogP contribution in [0, 0.1) is 11.3 Å². The summed E-state index contributed by atoms with van der Waals surface area (Å²) in [5.74, 6) is -1.03. The molecule has 3 rings (SSSR count). The molecule has 1 aliphatic rings. The van der Waals surface area contributed by atoms with Crippen molar-refractivity contribution in [2.75, 3.05) is 4.90 Å². The van der Waals surface area contributed by atoms with Crippen molar-refractivity contribution in [2.45, 2.75) is 11.7 Å². The molecule has 2 amide bonds. The van der Waals surface area contributed by atoms with Gasteiger partial charge in [0.2, 0.25) is 5.91 Å². The van der Waals surface area contributed by atoms with Gasteiger partial charge in [-0.3, -0.25) is 14.5 Å². The maximum atomic E-state index is 13.1. The van der Waals surface area contributed by atoms with E-state index < -0.39 is 11.2 Å². The molecule has 0 bridgehead atoms. The minimum atomic E-state index is -0.848. The van der Waals surface area contributed by atoms with Crippen molar-refractivity contribution in [1.29, 1.82) is 5.26 Å². The predicted molar refractivity (Wildman–Crippen MR) is 113 cm³/mol. The number of primary amides is 1. The maximum Gasteiger partial charge on any atom is 0.262 e. The SMILES string of the molecule is N#C/C(C(N)=O)=C1/S[C@H](Cc2ccc(Br)cc2)C(=O)N1c1ccc(Br)cc1. The summed E-state index contributed by atoms with van der Waals surface area (Å²) in [6.45, 7) is 0. The number of nitrogens with zero attached hydrogens (tertiary/aromatic N) is 2. The summed E-state index contributed by atoms with van der Waals surface area (Å²) < 4.78 is 1.81. The Morgan fingerprint density at radius 2 is 1.67 bits per heavy atom. The molecule has 0 aromatic heterocycles. The first-order valence-electron chi connectivity index (χ1n) is 7.85. The van der Waals surface area contributed by atoms with Gasteiger partial charge in [-0.15, -0.1) is 0 Å². The standard InChI is InChI=1S/C19H13Br2N3O2S/c20-12-3-1-11(2-4-12)9-16-18(26)24(14-7-5-13(21)6-8-14)19(27-16)15(10-22)17(23)25/h1-8,16H,9H2,(H2,23,25)/b19-15-/t16-/m1/s1. The van der Waals surface area contributed by atoms with Crippen LogP contribution in [0.15, 0.2) is 68.1 Å². The maximum absolute atomic E-state index is 13.1. The van der Waals surface area contributed by atoms with Crippen LogP contribution in [0.5, 0.6) is 0 Å². The number of amides is 2. The summed E-state index contributed by atoms with van der Waals surface area (Å²) in [4.78, 5) is 26.2. The van der Waals surface area contributed by atoms with Gasteiger partial charge in [-0.1, -0.05) is 55.8 Å². The number of carbonyl (C=O) groups is 2. The van der Waals surface area contributed by atoms with Crippen molar-refractivity contribution in [3.63, 3.8) is 0 Å².